The molecule has 0 radical (unpaired) electrons. The Morgan fingerprint density at radius 2 is 2.09 bits per heavy atom. The predicted octanol–water partition coefficient (Wildman–Crippen LogP) is 2.45. The average Bonchev–Trinajstić information content (AvgIpc) is 2.53. The molecule has 3 rings (SSSR count). The Hall–Kier alpha value is -2.63. The molecule has 0 fully saturated rings. The third kappa shape index (κ3) is 3.16. The first-order chi connectivity index (χ1) is 10.7. The fourth-order valence-electron chi connectivity index (χ4n) is 2.36. The molecule has 6 heteroatoms. The number of fused-ring (bicyclic) bond motifs is 1. The van der Waals surface area contributed by atoms with Gasteiger partial charge in [-0.05, 0) is 30.7 Å². The van der Waals surface area contributed by atoms with E-state index in [0.717, 1.165) is 17.9 Å². The molecule has 114 valence electrons. The summed E-state index contributed by atoms with van der Waals surface area (Å²) in [5, 5.41) is 3.04. The highest BCUT2D eigenvalue weighted by Crippen LogP contribution is 2.31. The van der Waals surface area contributed by atoms with Crippen molar-refractivity contribution >= 4 is 17.4 Å². The number of rotatable bonds is 5. The van der Waals surface area contributed by atoms with Gasteiger partial charge in [-0.3, -0.25) is 4.79 Å². The summed E-state index contributed by atoms with van der Waals surface area (Å²) in [5.41, 5.74) is 0.794. The topological polar surface area (TPSA) is 54.5 Å². The summed E-state index contributed by atoms with van der Waals surface area (Å²) < 4.78 is 18.4. The zero-order valence-corrected chi connectivity index (χ0v) is 12.0. The van der Waals surface area contributed by atoms with Crippen LogP contribution in [0.25, 0.3) is 0 Å². The molecule has 22 heavy (non-hydrogen) atoms. The van der Waals surface area contributed by atoms with E-state index in [0.29, 0.717) is 18.9 Å². The third-order valence-corrected chi connectivity index (χ3v) is 3.39. The number of pyridine rings is 1. The lowest BCUT2D eigenvalue weighted by Gasteiger charge is -2.29. The number of anilines is 2. The van der Waals surface area contributed by atoms with Crippen LogP contribution >= 0.6 is 0 Å². The fourth-order valence-corrected chi connectivity index (χ4v) is 2.36. The van der Waals surface area contributed by atoms with E-state index in [9.17, 15) is 9.18 Å². The monoisotopic (exact) mass is 301 g/mol. The van der Waals surface area contributed by atoms with Gasteiger partial charge in [-0.25, -0.2) is 4.98 Å². The lowest BCUT2D eigenvalue weighted by molar-refractivity contribution is -0.121. The smallest absolute Gasteiger partial charge is 0.265 e. The Morgan fingerprint density at radius 3 is 2.95 bits per heavy atom. The van der Waals surface area contributed by atoms with E-state index >= 15 is 0 Å². The minimum absolute atomic E-state index is 0.0532. The van der Waals surface area contributed by atoms with Crippen LogP contribution in [0.2, 0.25) is 0 Å². The maximum atomic E-state index is 13.0. The molecule has 2 aromatic rings. The summed E-state index contributed by atoms with van der Waals surface area (Å²) in [4.78, 5) is 17.4. The van der Waals surface area contributed by atoms with E-state index < -0.39 is 5.95 Å². The minimum Gasteiger partial charge on any atom is -0.482 e. The Kier molecular flexibility index (Phi) is 4.18. The van der Waals surface area contributed by atoms with Gasteiger partial charge in [-0.15, -0.1) is 0 Å². The van der Waals surface area contributed by atoms with E-state index in [2.05, 4.69) is 10.3 Å². The summed E-state index contributed by atoms with van der Waals surface area (Å²) in [6.07, 6.45) is 0.721. The molecule has 2 heterocycles. The summed E-state index contributed by atoms with van der Waals surface area (Å²) >= 11 is 0. The van der Waals surface area contributed by atoms with Crippen molar-refractivity contribution in [2.24, 2.45) is 0 Å². The van der Waals surface area contributed by atoms with Crippen molar-refractivity contribution < 1.29 is 13.9 Å². The number of amides is 1. The van der Waals surface area contributed by atoms with Gasteiger partial charge in [0.2, 0.25) is 5.95 Å². The SMILES string of the molecule is O=C1COc2ccccc2N1CCCNc1cccc(F)n1. The van der Waals surface area contributed by atoms with Gasteiger partial charge < -0.3 is 15.0 Å². The molecule has 0 spiro atoms. The molecule has 0 atom stereocenters. The molecule has 1 aromatic carbocycles. The molecule has 0 saturated heterocycles. The number of hydrogen-bond donors (Lipinski definition) is 1. The van der Waals surface area contributed by atoms with E-state index in [1.165, 1.54) is 6.07 Å². The van der Waals surface area contributed by atoms with Gasteiger partial charge in [-0.2, -0.15) is 4.39 Å². The lowest BCUT2D eigenvalue weighted by Crippen LogP contribution is -2.39. The number of nitrogens with zero attached hydrogens (tertiary/aromatic N) is 2. The standard InChI is InChI=1S/C16H16FN3O2/c17-14-7-3-8-15(19-14)18-9-4-10-20-12-5-1-2-6-13(12)22-11-16(20)21/h1-3,5-8H,4,9-11H2,(H,18,19). The van der Waals surface area contributed by atoms with Crippen molar-refractivity contribution in [2.45, 2.75) is 6.42 Å². The number of carbonyl (C=O) groups excluding carboxylic acids is 1. The highest BCUT2D eigenvalue weighted by atomic mass is 19.1. The van der Waals surface area contributed by atoms with Gasteiger partial charge >= 0.3 is 0 Å². The van der Waals surface area contributed by atoms with Gasteiger partial charge in [0, 0.05) is 13.1 Å². The first kappa shape index (κ1) is 14.3. The molecule has 0 saturated carbocycles. The van der Waals surface area contributed by atoms with E-state index in [-0.39, 0.29) is 12.5 Å². The van der Waals surface area contributed by atoms with E-state index in [4.69, 9.17) is 4.74 Å². The second-order valence-electron chi connectivity index (χ2n) is 4.93. The first-order valence-electron chi connectivity index (χ1n) is 7.13. The number of ether oxygens (including phenoxy) is 1. The van der Waals surface area contributed by atoms with Gasteiger partial charge in [0.05, 0.1) is 5.69 Å². The van der Waals surface area contributed by atoms with Crippen LogP contribution in [0.1, 0.15) is 6.42 Å². The predicted molar refractivity (Wildman–Crippen MR) is 81.6 cm³/mol. The number of para-hydroxylation sites is 2. The molecule has 0 bridgehead atoms. The number of benzene rings is 1. The molecular formula is C16H16FN3O2. The summed E-state index contributed by atoms with van der Waals surface area (Å²) in [6.45, 7) is 1.24. The number of halogens is 1. The molecule has 1 aliphatic rings. The maximum absolute atomic E-state index is 13.0. The highest BCUT2D eigenvalue weighted by Gasteiger charge is 2.24. The van der Waals surface area contributed by atoms with Crippen molar-refractivity contribution in [3.8, 4) is 5.75 Å². The van der Waals surface area contributed by atoms with Crippen molar-refractivity contribution in [1.82, 2.24) is 4.98 Å². The van der Waals surface area contributed by atoms with Crippen molar-refractivity contribution in [2.75, 3.05) is 29.9 Å². The second-order valence-corrected chi connectivity index (χ2v) is 4.93. The van der Waals surface area contributed by atoms with E-state index in [1.807, 2.05) is 24.3 Å². The second kappa shape index (κ2) is 6.43. The Balaban J connectivity index is 1.56. The van der Waals surface area contributed by atoms with Crippen LogP contribution < -0.4 is 15.0 Å². The molecule has 5 nitrogen and oxygen atoms in total. The van der Waals surface area contributed by atoms with Crippen LogP contribution in [0.5, 0.6) is 5.75 Å². The van der Waals surface area contributed by atoms with Gasteiger partial charge in [-0.1, -0.05) is 18.2 Å². The van der Waals surface area contributed by atoms with Crippen LogP contribution in [-0.2, 0) is 4.79 Å². The number of carbonyl (C=O) groups is 1. The van der Waals surface area contributed by atoms with E-state index in [1.54, 1.807) is 17.0 Å². The Morgan fingerprint density at radius 1 is 1.23 bits per heavy atom. The van der Waals surface area contributed by atoms with Crippen LogP contribution in [0.15, 0.2) is 42.5 Å². The normalized spacial score (nSPS) is 13.5. The molecule has 0 unspecified atom stereocenters. The zero-order chi connectivity index (χ0) is 15.4. The summed E-state index contributed by atoms with van der Waals surface area (Å²) in [5.74, 6) is 0.653. The third-order valence-electron chi connectivity index (χ3n) is 3.39. The van der Waals surface area contributed by atoms with Crippen molar-refractivity contribution in [3.63, 3.8) is 0 Å². The summed E-state index contributed by atoms with van der Waals surface area (Å²) in [6, 6.07) is 12.1. The lowest BCUT2D eigenvalue weighted by atomic mass is 10.2. The molecule has 1 N–H and O–H groups in total. The maximum Gasteiger partial charge on any atom is 0.265 e. The van der Waals surface area contributed by atoms with Crippen LogP contribution in [0.3, 0.4) is 0 Å². The van der Waals surface area contributed by atoms with Crippen molar-refractivity contribution in [1.29, 1.82) is 0 Å². The minimum atomic E-state index is -0.512. The quantitative estimate of drug-likeness (QED) is 0.681. The first-order valence-corrected chi connectivity index (χ1v) is 7.13. The zero-order valence-electron chi connectivity index (χ0n) is 12.0. The number of nitrogens with one attached hydrogen (secondary N) is 1. The van der Waals surface area contributed by atoms with Crippen LogP contribution in [0.4, 0.5) is 15.9 Å². The Bertz CT molecular complexity index is 678. The Labute approximate surface area is 127 Å². The molecule has 1 aromatic heterocycles. The number of hydrogen-bond acceptors (Lipinski definition) is 4. The largest absolute Gasteiger partial charge is 0.482 e. The number of aromatic nitrogens is 1. The molecular weight excluding hydrogens is 285 g/mol. The molecule has 1 amide bonds. The molecule has 1 aliphatic heterocycles. The summed E-state index contributed by atoms with van der Waals surface area (Å²) in [7, 11) is 0. The average molecular weight is 301 g/mol. The fraction of sp³-hybridized carbons (Fsp3) is 0.250. The van der Waals surface area contributed by atoms with Crippen molar-refractivity contribution in [3.05, 3.63) is 48.4 Å². The molecule has 0 aliphatic carbocycles. The van der Waals surface area contributed by atoms with Gasteiger partial charge in [0.15, 0.2) is 6.61 Å². The van der Waals surface area contributed by atoms with Crippen LogP contribution in [0, 0.1) is 5.95 Å². The highest BCUT2D eigenvalue weighted by molar-refractivity contribution is 5.97. The van der Waals surface area contributed by atoms with Gasteiger partial charge in [0.1, 0.15) is 11.6 Å². The van der Waals surface area contributed by atoms with Gasteiger partial charge in [0.25, 0.3) is 5.91 Å². The van der Waals surface area contributed by atoms with Crippen LogP contribution in [-0.4, -0.2) is 30.6 Å².